The Hall–Kier alpha value is -1.40. The highest BCUT2D eigenvalue weighted by atomic mass is 16.6. The van der Waals surface area contributed by atoms with Crippen molar-refractivity contribution in [2.75, 3.05) is 6.61 Å². The minimum Gasteiger partial charge on any atom is -0.481 e. The number of esters is 1. The van der Waals surface area contributed by atoms with Crippen LogP contribution in [0, 0.1) is 56.7 Å². The molecule has 0 radical (unpaired) electrons. The number of rotatable bonds is 3. The Bertz CT molecular complexity index is 1040. The number of fused-ring (bicyclic) bond motifs is 7. The van der Waals surface area contributed by atoms with Gasteiger partial charge in [-0.15, -0.1) is 0 Å². The first-order chi connectivity index (χ1) is 17.6. The highest BCUT2D eigenvalue weighted by Crippen LogP contribution is 2.75. The van der Waals surface area contributed by atoms with Gasteiger partial charge in [0.25, 0.3) is 0 Å². The van der Waals surface area contributed by atoms with Crippen LogP contribution in [0.2, 0.25) is 0 Å². The van der Waals surface area contributed by atoms with E-state index < -0.39 is 35.0 Å². The lowest BCUT2D eigenvalue weighted by Gasteiger charge is -2.71. The van der Waals surface area contributed by atoms with E-state index in [1.54, 1.807) is 0 Å². The first-order valence-corrected chi connectivity index (χ1v) is 15.0. The van der Waals surface area contributed by atoms with Crippen LogP contribution in [0.25, 0.3) is 0 Å². The topological polar surface area (TPSA) is 104 Å². The SMILES string of the molecule is CC(=O)O[C@@H]1C[C@@]2(C)[C@H](CC[C@]3(C)[C@@H]2CC=C2[C@@H]4[C@@H](C)[C@H](C)CC[C@]4(C(=O)O)CC[C@]23C)[C@](C)(CO)[C@H]1O. The van der Waals surface area contributed by atoms with Crippen LogP contribution < -0.4 is 0 Å². The number of aliphatic hydroxyl groups is 2. The molecule has 0 aliphatic heterocycles. The Morgan fingerprint density at radius 2 is 1.71 bits per heavy atom. The summed E-state index contributed by atoms with van der Waals surface area (Å²) < 4.78 is 5.71. The molecule has 5 aliphatic rings. The molecule has 0 bridgehead atoms. The molecule has 0 spiro atoms. The van der Waals surface area contributed by atoms with Crippen molar-refractivity contribution < 1.29 is 29.6 Å². The van der Waals surface area contributed by atoms with Gasteiger partial charge < -0.3 is 20.1 Å². The Morgan fingerprint density at radius 1 is 1.03 bits per heavy atom. The zero-order valence-corrected chi connectivity index (χ0v) is 24.5. The number of ether oxygens (including phenoxy) is 1. The number of hydrogen-bond acceptors (Lipinski definition) is 5. The molecule has 4 saturated carbocycles. The molecular formula is C32H50O6. The molecule has 12 atom stereocenters. The summed E-state index contributed by atoms with van der Waals surface area (Å²) in [5, 5.41) is 32.6. The summed E-state index contributed by atoms with van der Waals surface area (Å²) in [7, 11) is 0. The van der Waals surface area contributed by atoms with Gasteiger partial charge in [0.05, 0.1) is 18.1 Å². The number of hydrogen-bond donors (Lipinski definition) is 3. The lowest BCUT2D eigenvalue weighted by atomic mass is 9.33. The number of carboxylic acid groups (broad SMARTS) is 1. The molecule has 3 N–H and O–H groups in total. The Morgan fingerprint density at radius 3 is 2.32 bits per heavy atom. The van der Waals surface area contributed by atoms with Crippen molar-refractivity contribution in [1.29, 1.82) is 0 Å². The van der Waals surface area contributed by atoms with Crippen molar-refractivity contribution in [3.63, 3.8) is 0 Å². The molecule has 5 aliphatic carbocycles. The second-order valence-electron chi connectivity index (χ2n) is 15.1. The molecule has 4 fully saturated rings. The largest absolute Gasteiger partial charge is 0.481 e. The van der Waals surface area contributed by atoms with E-state index in [9.17, 15) is 24.9 Å². The molecule has 0 unspecified atom stereocenters. The van der Waals surface area contributed by atoms with E-state index in [1.807, 2.05) is 6.92 Å². The zero-order chi connectivity index (χ0) is 28.1. The van der Waals surface area contributed by atoms with Crippen LogP contribution in [0.15, 0.2) is 11.6 Å². The van der Waals surface area contributed by atoms with E-state index in [1.165, 1.54) is 12.5 Å². The number of carbonyl (C=O) groups is 2. The van der Waals surface area contributed by atoms with Gasteiger partial charge in [-0.2, -0.15) is 0 Å². The maximum atomic E-state index is 12.9. The van der Waals surface area contributed by atoms with E-state index in [4.69, 9.17) is 4.74 Å². The van der Waals surface area contributed by atoms with Gasteiger partial charge >= 0.3 is 11.9 Å². The van der Waals surface area contributed by atoms with Gasteiger partial charge in [0, 0.05) is 12.3 Å². The van der Waals surface area contributed by atoms with Gasteiger partial charge in [-0.25, -0.2) is 0 Å². The van der Waals surface area contributed by atoms with Crippen LogP contribution in [-0.4, -0.2) is 46.1 Å². The predicted molar refractivity (Wildman–Crippen MR) is 145 cm³/mol. The van der Waals surface area contributed by atoms with Crippen LogP contribution in [0.1, 0.15) is 99.8 Å². The smallest absolute Gasteiger partial charge is 0.310 e. The Balaban J connectivity index is 1.62. The monoisotopic (exact) mass is 530 g/mol. The van der Waals surface area contributed by atoms with Crippen LogP contribution in [0.5, 0.6) is 0 Å². The first-order valence-electron chi connectivity index (χ1n) is 15.0. The highest BCUT2D eigenvalue weighted by Gasteiger charge is 2.71. The minimum absolute atomic E-state index is 0.0488. The number of carbonyl (C=O) groups excluding carboxylic acids is 1. The van der Waals surface area contributed by atoms with E-state index in [2.05, 4.69) is 40.7 Å². The summed E-state index contributed by atoms with van der Waals surface area (Å²) >= 11 is 0. The van der Waals surface area contributed by atoms with Gasteiger partial charge in [-0.3, -0.25) is 9.59 Å². The van der Waals surface area contributed by atoms with Gasteiger partial charge in [0.2, 0.25) is 0 Å². The third-order valence-corrected chi connectivity index (χ3v) is 13.8. The molecule has 0 aromatic carbocycles. The lowest BCUT2D eigenvalue weighted by molar-refractivity contribution is -0.248. The molecule has 0 aromatic heterocycles. The fourth-order valence-corrected chi connectivity index (χ4v) is 11.3. The highest BCUT2D eigenvalue weighted by molar-refractivity contribution is 5.76. The number of carboxylic acids is 1. The third kappa shape index (κ3) is 3.37. The van der Waals surface area contributed by atoms with Crippen molar-refractivity contribution in [2.24, 2.45) is 56.7 Å². The van der Waals surface area contributed by atoms with Gasteiger partial charge in [0.15, 0.2) is 0 Å². The van der Waals surface area contributed by atoms with Crippen LogP contribution >= 0.6 is 0 Å². The van der Waals surface area contributed by atoms with Crippen molar-refractivity contribution in [1.82, 2.24) is 0 Å². The Kier molecular flexibility index (Phi) is 6.52. The summed E-state index contributed by atoms with van der Waals surface area (Å²) in [4.78, 5) is 24.9. The molecular weight excluding hydrogens is 480 g/mol. The molecule has 38 heavy (non-hydrogen) atoms. The fourth-order valence-electron chi connectivity index (χ4n) is 11.3. The molecule has 0 amide bonds. The van der Waals surface area contributed by atoms with Crippen molar-refractivity contribution in [3.8, 4) is 0 Å². The van der Waals surface area contributed by atoms with Gasteiger partial charge in [-0.1, -0.05) is 53.2 Å². The van der Waals surface area contributed by atoms with Crippen molar-refractivity contribution in [2.45, 2.75) is 112 Å². The van der Waals surface area contributed by atoms with Gasteiger partial charge in [-0.05, 0) is 97.2 Å². The second kappa shape index (κ2) is 8.80. The standard InChI is InChI=1S/C32H50O6/c1-18-10-13-32(27(36)37)15-14-30(6)21(25(32)19(18)2)8-9-24-28(4)16-22(38-20(3)34)26(35)29(5,17-33)23(28)11-12-31(24,30)7/h8,18-19,22-26,33,35H,9-17H2,1-7H3,(H,36,37)/t18-,19+,22-,23+,24-,25+,26+,28+,29+,30-,31-,32+/m1/s1. The van der Waals surface area contributed by atoms with Crippen LogP contribution in [-0.2, 0) is 14.3 Å². The first kappa shape index (κ1) is 28.1. The van der Waals surface area contributed by atoms with E-state index in [-0.39, 0.29) is 40.6 Å². The summed E-state index contributed by atoms with van der Waals surface area (Å²) in [5.41, 5.74) is -0.414. The third-order valence-electron chi connectivity index (χ3n) is 13.8. The summed E-state index contributed by atoms with van der Waals surface area (Å²) in [6.07, 6.45) is 7.57. The maximum Gasteiger partial charge on any atom is 0.310 e. The average molecular weight is 531 g/mol. The summed E-state index contributed by atoms with van der Waals surface area (Å²) in [5.74, 6) is 0.274. The average Bonchev–Trinajstić information content (AvgIpc) is 2.84. The van der Waals surface area contributed by atoms with Crippen molar-refractivity contribution in [3.05, 3.63) is 11.6 Å². The normalized spacial score (nSPS) is 53.9. The zero-order valence-electron chi connectivity index (χ0n) is 24.5. The number of aliphatic hydroxyl groups excluding tert-OH is 2. The van der Waals surface area contributed by atoms with E-state index >= 15 is 0 Å². The molecule has 214 valence electrons. The number of aliphatic carboxylic acids is 1. The van der Waals surface area contributed by atoms with Gasteiger partial charge in [0.1, 0.15) is 6.10 Å². The lowest BCUT2D eigenvalue weighted by Crippen LogP contribution is -2.68. The quantitative estimate of drug-likeness (QED) is 0.324. The van der Waals surface area contributed by atoms with Crippen molar-refractivity contribution >= 4 is 11.9 Å². The molecule has 6 nitrogen and oxygen atoms in total. The minimum atomic E-state index is -0.903. The molecule has 0 heterocycles. The van der Waals surface area contributed by atoms with E-state index in [0.717, 1.165) is 44.9 Å². The molecule has 0 saturated heterocycles. The summed E-state index contributed by atoms with van der Waals surface area (Å²) in [6, 6.07) is 0. The van der Waals surface area contributed by atoms with E-state index in [0.29, 0.717) is 18.3 Å². The summed E-state index contributed by atoms with van der Waals surface area (Å²) in [6.45, 7) is 15.0. The Labute approximate surface area is 228 Å². The molecule has 0 aromatic rings. The molecule has 5 rings (SSSR count). The fraction of sp³-hybridized carbons (Fsp3) is 0.875. The van der Waals surface area contributed by atoms with Crippen LogP contribution in [0.4, 0.5) is 0 Å². The molecule has 6 heteroatoms. The second-order valence-corrected chi connectivity index (χ2v) is 15.1. The number of allylic oxidation sites excluding steroid dienone is 2. The van der Waals surface area contributed by atoms with Crippen LogP contribution in [0.3, 0.4) is 0 Å². The maximum absolute atomic E-state index is 12.9. The predicted octanol–water partition coefficient (Wildman–Crippen LogP) is 5.60.